The molecule has 3 aromatic rings. The quantitative estimate of drug-likeness (QED) is 0.656. The molecule has 8 heteroatoms. The minimum atomic E-state index is -0.550. The smallest absolute Gasteiger partial charge is 0.257 e. The van der Waals surface area contributed by atoms with E-state index >= 15 is 0 Å². The number of hydrogen-bond acceptors (Lipinski definition) is 4. The molecule has 0 radical (unpaired) electrons. The van der Waals surface area contributed by atoms with Gasteiger partial charge in [-0.3, -0.25) is 9.59 Å². The maximum Gasteiger partial charge on any atom is 0.257 e. The summed E-state index contributed by atoms with van der Waals surface area (Å²) in [6, 6.07) is 14.3. The average molecular weight is 402 g/mol. The molecule has 2 aromatic carbocycles. The maximum atomic E-state index is 12.3. The van der Waals surface area contributed by atoms with Crippen molar-refractivity contribution in [3.8, 4) is 11.6 Å². The standard InChI is InChI=1S/C19H13Cl2N3O3/c20-12-4-6-16(21)15(9-12)19(26)24-13-5-7-17(23-10-13)27-14-3-1-2-11(8-14)18(22)25/h1-10H,(H2,22,25)(H,24,26). The largest absolute Gasteiger partial charge is 0.439 e. The number of nitrogens with zero attached hydrogens (tertiary/aromatic N) is 1. The van der Waals surface area contributed by atoms with E-state index in [1.165, 1.54) is 18.3 Å². The normalized spacial score (nSPS) is 10.3. The van der Waals surface area contributed by atoms with Crippen molar-refractivity contribution in [3.63, 3.8) is 0 Å². The molecule has 0 bridgehead atoms. The van der Waals surface area contributed by atoms with Gasteiger partial charge in [0.2, 0.25) is 11.8 Å². The van der Waals surface area contributed by atoms with E-state index in [-0.39, 0.29) is 11.4 Å². The van der Waals surface area contributed by atoms with Crippen molar-refractivity contribution < 1.29 is 14.3 Å². The predicted octanol–water partition coefficient (Wildman–Crippen LogP) is 4.53. The van der Waals surface area contributed by atoms with E-state index < -0.39 is 11.8 Å². The van der Waals surface area contributed by atoms with Crippen LogP contribution in [0.2, 0.25) is 10.0 Å². The van der Waals surface area contributed by atoms with Gasteiger partial charge < -0.3 is 15.8 Å². The fraction of sp³-hybridized carbons (Fsp3) is 0. The van der Waals surface area contributed by atoms with E-state index in [4.69, 9.17) is 33.7 Å². The summed E-state index contributed by atoms with van der Waals surface area (Å²) in [7, 11) is 0. The number of anilines is 1. The number of aromatic nitrogens is 1. The van der Waals surface area contributed by atoms with Crippen molar-refractivity contribution in [1.29, 1.82) is 0 Å². The number of ether oxygens (including phenoxy) is 1. The Balaban J connectivity index is 1.70. The van der Waals surface area contributed by atoms with E-state index in [0.717, 1.165) is 0 Å². The van der Waals surface area contributed by atoms with E-state index in [0.29, 0.717) is 27.0 Å². The lowest BCUT2D eigenvalue weighted by Gasteiger charge is -2.09. The molecule has 0 aliphatic rings. The van der Waals surface area contributed by atoms with Crippen LogP contribution in [-0.2, 0) is 0 Å². The van der Waals surface area contributed by atoms with Gasteiger partial charge in [0.05, 0.1) is 22.5 Å². The summed E-state index contributed by atoms with van der Waals surface area (Å²) in [5, 5.41) is 3.38. The number of pyridine rings is 1. The van der Waals surface area contributed by atoms with E-state index in [9.17, 15) is 9.59 Å². The Kier molecular flexibility index (Phi) is 5.59. The topological polar surface area (TPSA) is 94.3 Å². The number of nitrogens with one attached hydrogen (secondary N) is 1. The second kappa shape index (κ2) is 8.07. The highest BCUT2D eigenvalue weighted by atomic mass is 35.5. The molecule has 0 spiro atoms. The molecule has 6 nitrogen and oxygen atoms in total. The van der Waals surface area contributed by atoms with Gasteiger partial charge in [0.15, 0.2) is 0 Å². The van der Waals surface area contributed by atoms with Crippen LogP contribution in [0.3, 0.4) is 0 Å². The van der Waals surface area contributed by atoms with E-state index in [1.807, 2.05) is 0 Å². The highest BCUT2D eigenvalue weighted by Crippen LogP contribution is 2.24. The highest BCUT2D eigenvalue weighted by Gasteiger charge is 2.12. The van der Waals surface area contributed by atoms with Crippen LogP contribution in [0.5, 0.6) is 11.6 Å². The second-order valence-electron chi connectivity index (χ2n) is 5.46. The summed E-state index contributed by atoms with van der Waals surface area (Å²) < 4.78 is 5.58. The van der Waals surface area contributed by atoms with Gasteiger partial charge >= 0.3 is 0 Å². The van der Waals surface area contributed by atoms with Gasteiger partial charge in [0, 0.05) is 16.7 Å². The number of hydrogen-bond donors (Lipinski definition) is 2. The van der Waals surface area contributed by atoms with Crippen LogP contribution in [0.15, 0.2) is 60.8 Å². The molecule has 3 N–H and O–H groups in total. The van der Waals surface area contributed by atoms with Gasteiger partial charge in [-0.25, -0.2) is 4.98 Å². The molecule has 0 saturated heterocycles. The van der Waals surface area contributed by atoms with Gasteiger partial charge in [-0.1, -0.05) is 29.3 Å². The van der Waals surface area contributed by atoms with Crippen molar-refractivity contribution in [3.05, 3.63) is 82.0 Å². The van der Waals surface area contributed by atoms with E-state index in [2.05, 4.69) is 10.3 Å². The number of nitrogens with two attached hydrogens (primary N) is 1. The zero-order valence-corrected chi connectivity index (χ0v) is 15.3. The number of carbonyl (C=O) groups is 2. The number of rotatable bonds is 5. The molecule has 0 aliphatic heterocycles. The molecule has 2 amide bonds. The lowest BCUT2D eigenvalue weighted by Crippen LogP contribution is -2.12. The molecule has 1 aromatic heterocycles. The molecule has 3 rings (SSSR count). The lowest BCUT2D eigenvalue weighted by atomic mass is 10.2. The Morgan fingerprint density at radius 3 is 2.56 bits per heavy atom. The molecule has 0 aliphatic carbocycles. The summed E-state index contributed by atoms with van der Waals surface area (Å²) >= 11 is 11.9. The fourth-order valence-electron chi connectivity index (χ4n) is 2.22. The third-order valence-electron chi connectivity index (χ3n) is 3.51. The molecular weight excluding hydrogens is 389 g/mol. The number of carbonyl (C=O) groups excluding carboxylic acids is 2. The number of benzene rings is 2. The number of primary amides is 1. The molecule has 0 saturated carbocycles. The second-order valence-corrected chi connectivity index (χ2v) is 6.30. The Labute approximate surface area is 164 Å². The van der Waals surface area contributed by atoms with Gasteiger partial charge in [0.25, 0.3) is 5.91 Å². The van der Waals surface area contributed by atoms with Crippen molar-refractivity contribution >= 4 is 40.7 Å². The third-order valence-corrected chi connectivity index (χ3v) is 4.07. The Morgan fingerprint density at radius 1 is 1.04 bits per heavy atom. The minimum Gasteiger partial charge on any atom is -0.439 e. The molecule has 136 valence electrons. The van der Waals surface area contributed by atoms with Crippen LogP contribution in [0.1, 0.15) is 20.7 Å². The molecule has 0 unspecified atom stereocenters. The van der Waals surface area contributed by atoms with Crippen LogP contribution in [-0.4, -0.2) is 16.8 Å². The summed E-state index contributed by atoms with van der Waals surface area (Å²) in [6.07, 6.45) is 1.43. The van der Waals surface area contributed by atoms with Crippen LogP contribution in [0, 0.1) is 0 Å². The zero-order valence-electron chi connectivity index (χ0n) is 13.8. The predicted molar refractivity (Wildman–Crippen MR) is 104 cm³/mol. The summed E-state index contributed by atoms with van der Waals surface area (Å²) in [6.45, 7) is 0. The first-order valence-corrected chi connectivity index (χ1v) is 8.48. The molecule has 0 fully saturated rings. The van der Waals surface area contributed by atoms with Gasteiger partial charge in [-0.05, 0) is 42.5 Å². The van der Waals surface area contributed by atoms with E-state index in [1.54, 1.807) is 42.5 Å². The zero-order chi connectivity index (χ0) is 19.4. The minimum absolute atomic E-state index is 0.257. The first-order chi connectivity index (χ1) is 12.9. The Morgan fingerprint density at radius 2 is 1.85 bits per heavy atom. The first kappa shape index (κ1) is 18.7. The first-order valence-electron chi connectivity index (χ1n) is 7.72. The Hall–Kier alpha value is -3.09. The van der Waals surface area contributed by atoms with Crippen molar-refractivity contribution in [1.82, 2.24) is 4.98 Å². The van der Waals surface area contributed by atoms with Gasteiger partial charge in [0.1, 0.15) is 5.75 Å². The lowest BCUT2D eigenvalue weighted by molar-refractivity contribution is 0.0997. The molecular formula is C19H13Cl2N3O3. The molecule has 1 heterocycles. The van der Waals surface area contributed by atoms with Crippen molar-refractivity contribution in [2.24, 2.45) is 5.73 Å². The summed E-state index contributed by atoms with van der Waals surface area (Å²) in [5.41, 5.74) is 6.28. The fourth-order valence-corrected chi connectivity index (χ4v) is 2.59. The van der Waals surface area contributed by atoms with Gasteiger partial charge in [-0.2, -0.15) is 0 Å². The monoisotopic (exact) mass is 401 g/mol. The van der Waals surface area contributed by atoms with Crippen LogP contribution in [0.25, 0.3) is 0 Å². The van der Waals surface area contributed by atoms with Crippen LogP contribution in [0.4, 0.5) is 5.69 Å². The van der Waals surface area contributed by atoms with Crippen LogP contribution >= 0.6 is 23.2 Å². The van der Waals surface area contributed by atoms with Crippen molar-refractivity contribution in [2.45, 2.75) is 0 Å². The average Bonchev–Trinajstić information content (AvgIpc) is 2.65. The third kappa shape index (κ3) is 4.75. The Bertz CT molecular complexity index is 1010. The molecule has 27 heavy (non-hydrogen) atoms. The summed E-state index contributed by atoms with van der Waals surface area (Å²) in [5.74, 6) is -0.255. The summed E-state index contributed by atoms with van der Waals surface area (Å²) in [4.78, 5) is 27.6. The molecule has 0 atom stereocenters. The maximum absolute atomic E-state index is 12.3. The highest BCUT2D eigenvalue weighted by molar-refractivity contribution is 6.36. The van der Waals surface area contributed by atoms with Crippen LogP contribution < -0.4 is 15.8 Å². The number of halogens is 2. The van der Waals surface area contributed by atoms with Crippen molar-refractivity contribution in [2.75, 3.05) is 5.32 Å². The SMILES string of the molecule is NC(=O)c1cccc(Oc2ccc(NC(=O)c3cc(Cl)ccc3Cl)cn2)c1. The van der Waals surface area contributed by atoms with Gasteiger partial charge in [-0.15, -0.1) is 0 Å². The number of amides is 2.